The van der Waals surface area contributed by atoms with Crippen LogP contribution in [0.4, 0.5) is 0 Å². The predicted octanol–water partition coefficient (Wildman–Crippen LogP) is 4.26. The van der Waals surface area contributed by atoms with Crippen molar-refractivity contribution in [3.63, 3.8) is 0 Å². The zero-order chi connectivity index (χ0) is 19.8. The minimum Gasteiger partial charge on any atom is -0.303 e. The smallest absolute Gasteiger partial charge is 0.303 e. The highest BCUT2D eigenvalue weighted by Crippen LogP contribution is 2.39. The quantitative estimate of drug-likeness (QED) is 0.213. The first-order valence-corrected chi connectivity index (χ1v) is 12.1. The Morgan fingerprint density at radius 2 is 1.00 bits per heavy atom. The molecule has 0 aromatic carbocycles. The van der Waals surface area contributed by atoms with Gasteiger partial charge in [-0.05, 0) is 12.8 Å². The van der Waals surface area contributed by atoms with Crippen molar-refractivity contribution in [3.8, 4) is 0 Å². The van der Waals surface area contributed by atoms with E-state index in [1.165, 1.54) is 38.5 Å². The lowest BCUT2D eigenvalue weighted by molar-refractivity contribution is 0.115. The summed E-state index contributed by atoms with van der Waals surface area (Å²) in [5.41, 5.74) is 0. The number of phosphoric ester groups is 1. The van der Waals surface area contributed by atoms with Crippen LogP contribution in [0.25, 0.3) is 0 Å². The second kappa shape index (κ2) is 16.4. The fourth-order valence-electron chi connectivity index (χ4n) is 2.40. The molecule has 0 bridgehead atoms. The van der Waals surface area contributed by atoms with E-state index in [0.717, 1.165) is 38.5 Å². The maximum atomic E-state index is 11.0. The van der Waals surface area contributed by atoms with Crippen LogP contribution in [0.2, 0.25) is 0 Å². The van der Waals surface area contributed by atoms with Crippen molar-refractivity contribution in [1.82, 2.24) is 0 Å². The van der Waals surface area contributed by atoms with Crippen LogP contribution in [0, 0.1) is 0 Å². The average Bonchev–Trinajstić information content (AvgIpc) is 2.43. The van der Waals surface area contributed by atoms with Gasteiger partial charge in [0.2, 0.25) is 0 Å². The predicted molar refractivity (Wildman–Crippen MR) is 97.9 cm³/mol. The Bertz CT molecular complexity index is 371. The molecule has 10 heteroatoms. The summed E-state index contributed by atoms with van der Waals surface area (Å²) in [6.07, 6.45) is 12.8. The van der Waals surface area contributed by atoms with Crippen LogP contribution in [0.15, 0.2) is 0 Å². The Kier molecular flexibility index (Phi) is 18.0. The van der Waals surface area contributed by atoms with Gasteiger partial charge in [-0.25, -0.2) is 9.13 Å². The van der Waals surface area contributed by atoms with Crippen molar-refractivity contribution in [2.24, 2.45) is 0 Å². The molecular weight excluding hydrogens is 370 g/mol. The van der Waals surface area contributed by atoms with Gasteiger partial charge in [0.05, 0.1) is 6.10 Å². The van der Waals surface area contributed by atoms with E-state index in [1.54, 1.807) is 0 Å². The Labute approximate surface area is 151 Å². The van der Waals surface area contributed by atoms with E-state index in [1.807, 2.05) is 0 Å². The van der Waals surface area contributed by atoms with Crippen LogP contribution >= 0.6 is 15.6 Å². The van der Waals surface area contributed by atoms with Crippen LogP contribution in [-0.2, 0) is 13.7 Å². The fraction of sp³-hybridized carbons (Fsp3) is 1.00. The molecule has 0 spiro atoms. The summed E-state index contributed by atoms with van der Waals surface area (Å²) in [6, 6.07) is 0. The average molecular weight is 406 g/mol. The molecule has 0 saturated heterocycles. The zero-order valence-corrected chi connectivity index (χ0v) is 17.2. The third-order valence-corrected chi connectivity index (χ3v) is 4.12. The molecule has 0 heterocycles. The molecule has 0 aromatic rings. The van der Waals surface area contributed by atoms with Gasteiger partial charge < -0.3 is 24.5 Å². The highest BCUT2D eigenvalue weighted by molar-refractivity contribution is 7.46. The van der Waals surface area contributed by atoms with E-state index >= 15 is 0 Å². The second-order valence-electron chi connectivity index (χ2n) is 6.14. The lowest BCUT2D eigenvalue weighted by atomic mass is 10.0. The molecule has 25 heavy (non-hydrogen) atoms. The Morgan fingerprint density at radius 3 is 1.36 bits per heavy atom. The van der Waals surface area contributed by atoms with E-state index < -0.39 is 15.6 Å². The number of hydrogen-bond acceptors (Lipinski definition) is 3. The van der Waals surface area contributed by atoms with Crippen LogP contribution < -0.4 is 0 Å². The van der Waals surface area contributed by atoms with Crippen LogP contribution in [-0.4, -0.2) is 30.6 Å². The normalized spacial score (nSPS) is 13.2. The van der Waals surface area contributed by atoms with E-state index in [9.17, 15) is 4.57 Å². The monoisotopic (exact) mass is 406 g/mol. The Hall–Kier alpha value is 0.220. The molecule has 0 radical (unpaired) electrons. The molecule has 0 amide bonds. The SMILES string of the molecule is CCCCCCCCC(CCCCCC)OP(=O)(O)O.O=P(O)(O)O. The Morgan fingerprint density at radius 1 is 0.680 bits per heavy atom. The number of unbranched alkanes of at least 4 members (excludes halogenated alkanes) is 8. The van der Waals surface area contributed by atoms with Crippen molar-refractivity contribution in [2.45, 2.75) is 97.0 Å². The van der Waals surface area contributed by atoms with Crippen LogP contribution in [0.1, 0.15) is 90.9 Å². The zero-order valence-electron chi connectivity index (χ0n) is 15.4. The first-order chi connectivity index (χ1) is 11.5. The van der Waals surface area contributed by atoms with Gasteiger partial charge in [-0.15, -0.1) is 0 Å². The molecule has 0 aliphatic heterocycles. The minimum absolute atomic E-state index is 0.279. The van der Waals surface area contributed by atoms with Crippen molar-refractivity contribution >= 4 is 15.6 Å². The third-order valence-electron chi connectivity index (χ3n) is 3.55. The second-order valence-corrected chi connectivity index (χ2v) is 8.36. The van der Waals surface area contributed by atoms with Gasteiger partial charge in [0.1, 0.15) is 0 Å². The molecule has 0 saturated carbocycles. The lowest BCUT2D eigenvalue weighted by Gasteiger charge is -2.18. The molecule has 0 fully saturated rings. The molecule has 0 aliphatic rings. The van der Waals surface area contributed by atoms with Crippen molar-refractivity contribution in [2.75, 3.05) is 0 Å². The standard InChI is InChI=1S/C15H33O4P.H3O4P/c1-3-5-7-9-10-12-14-15(19-20(16,17)18)13-11-8-6-4-2;1-5(2,3)4/h15H,3-14H2,1-2H3,(H2,16,17,18);(H3,1,2,3,4). The lowest BCUT2D eigenvalue weighted by Crippen LogP contribution is -2.11. The molecule has 1 unspecified atom stereocenters. The molecule has 154 valence electrons. The van der Waals surface area contributed by atoms with Crippen molar-refractivity contribution in [3.05, 3.63) is 0 Å². The molecule has 8 nitrogen and oxygen atoms in total. The van der Waals surface area contributed by atoms with Gasteiger partial charge in [0.15, 0.2) is 0 Å². The third kappa shape index (κ3) is 32.4. The summed E-state index contributed by atoms with van der Waals surface area (Å²) in [5.74, 6) is 0. The van der Waals surface area contributed by atoms with Crippen LogP contribution in [0.3, 0.4) is 0 Å². The van der Waals surface area contributed by atoms with Gasteiger partial charge >= 0.3 is 15.6 Å². The molecule has 0 aromatic heterocycles. The van der Waals surface area contributed by atoms with Gasteiger partial charge in [-0.1, -0.05) is 78.1 Å². The van der Waals surface area contributed by atoms with E-state index in [-0.39, 0.29) is 6.10 Å². The van der Waals surface area contributed by atoms with Gasteiger partial charge in [0, 0.05) is 0 Å². The van der Waals surface area contributed by atoms with Gasteiger partial charge in [-0.3, -0.25) is 4.52 Å². The molecule has 0 aliphatic carbocycles. The molecular formula is C15H36O8P2. The van der Waals surface area contributed by atoms with E-state index in [0.29, 0.717) is 0 Å². The molecule has 0 rings (SSSR count). The first kappa shape index (κ1) is 27.4. The summed E-state index contributed by atoms with van der Waals surface area (Å²) >= 11 is 0. The summed E-state index contributed by atoms with van der Waals surface area (Å²) in [4.78, 5) is 39.5. The Balaban J connectivity index is 0. The highest BCUT2D eigenvalue weighted by Gasteiger charge is 2.21. The first-order valence-electron chi connectivity index (χ1n) is 9.01. The van der Waals surface area contributed by atoms with Crippen molar-refractivity contribution < 1.29 is 38.1 Å². The van der Waals surface area contributed by atoms with E-state index in [2.05, 4.69) is 13.8 Å². The largest absolute Gasteiger partial charge is 0.469 e. The van der Waals surface area contributed by atoms with Crippen molar-refractivity contribution in [1.29, 1.82) is 0 Å². The topological polar surface area (TPSA) is 145 Å². The summed E-state index contributed by atoms with van der Waals surface area (Å²) in [6.45, 7) is 4.35. The molecule has 5 N–H and O–H groups in total. The summed E-state index contributed by atoms with van der Waals surface area (Å²) in [7, 11) is -8.98. The summed E-state index contributed by atoms with van der Waals surface area (Å²) in [5, 5.41) is 0. The summed E-state index contributed by atoms with van der Waals surface area (Å²) < 4.78 is 24.8. The van der Waals surface area contributed by atoms with Gasteiger partial charge in [0.25, 0.3) is 0 Å². The van der Waals surface area contributed by atoms with E-state index in [4.69, 9.17) is 33.6 Å². The minimum atomic E-state index is -4.64. The number of hydrogen-bond donors (Lipinski definition) is 5. The highest BCUT2D eigenvalue weighted by atomic mass is 31.2. The maximum absolute atomic E-state index is 11.0. The number of rotatable bonds is 14. The maximum Gasteiger partial charge on any atom is 0.469 e. The number of phosphoric acid groups is 2. The van der Waals surface area contributed by atoms with Gasteiger partial charge in [-0.2, -0.15) is 0 Å². The van der Waals surface area contributed by atoms with Crippen LogP contribution in [0.5, 0.6) is 0 Å². The fourth-order valence-corrected chi connectivity index (χ4v) is 2.99. The molecule has 1 atom stereocenters.